The largest absolute Gasteiger partial charge is 1.00 e. The summed E-state index contributed by atoms with van der Waals surface area (Å²) < 4.78 is 1.85. The van der Waals surface area contributed by atoms with E-state index in [9.17, 15) is 4.79 Å². The van der Waals surface area contributed by atoms with Crippen LogP contribution in [0.15, 0.2) is 54.6 Å². The van der Waals surface area contributed by atoms with Gasteiger partial charge in [-0.15, -0.1) is 0 Å². The number of hydrogen-bond acceptors (Lipinski definition) is 3. The highest BCUT2D eigenvalue weighted by Gasteiger charge is 2.20. The van der Waals surface area contributed by atoms with Crippen molar-refractivity contribution < 1.29 is 31.6 Å². The maximum atomic E-state index is 10.8. The van der Waals surface area contributed by atoms with E-state index in [1.807, 2.05) is 47.1 Å². The SMILES string of the molecule is Nc1n[n+](CCCC(=O)O)c(Cc2ccccc2)c2ccccc12.[Br-]. The van der Waals surface area contributed by atoms with Crippen LogP contribution in [0.5, 0.6) is 0 Å². The third-order valence-electron chi connectivity index (χ3n) is 4.03. The minimum atomic E-state index is -0.797. The van der Waals surface area contributed by atoms with E-state index in [0.29, 0.717) is 18.8 Å². The summed E-state index contributed by atoms with van der Waals surface area (Å²) in [4.78, 5) is 10.8. The number of nitrogens with zero attached hydrogens (tertiary/aromatic N) is 2. The fourth-order valence-corrected chi connectivity index (χ4v) is 2.88. The number of fused-ring (bicyclic) bond motifs is 1. The molecule has 6 heteroatoms. The molecule has 0 fully saturated rings. The molecule has 0 aliphatic heterocycles. The molecule has 130 valence electrons. The minimum absolute atomic E-state index is 0. The number of carboxylic acid groups (broad SMARTS) is 1. The van der Waals surface area contributed by atoms with Crippen molar-refractivity contribution in [2.45, 2.75) is 25.8 Å². The van der Waals surface area contributed by atoms with Gasteiger partial charge in [0, 0.05) is 16.9 Å². The Morgan fingerprint density at radius 3 is 2.36 bits per heavy atom. The van der Waals surface area contributed by atoms with Gasteiger partial charge in [-0.05, 0) is 11.6 Å². The summed E-state index contributed by atoms with van der Waals surface area (Å²) in [6, 6.07) is 18.1. The summed E-state index contributed by atoms with van der Waals surface area (Å²) >= 11 is 0. The first-order valence-corrected chi connectivity index (χ1v) is 7.98. The number of rotatable bonds is 6. The van der Waals surface area contributed by atoms with Crippen molar-refractivity contribution in [1.82, 2.24) is 5.10 Å². The molecule has 0 amide bonds. The minimum Gasteiger partial charge on any atom is -1.00 e. The van der Waals surface area contributed by atoms with Crippen molar-refractivity contribution in [2.75, 3.05) is 5.73 Å². The Kier molecular flexibility index (Phi) is 6.47. The number of carboxylic acids is 1. The van der Waals surface area contributed by atoms with Crippen LogP contribution in [0.25, 0.3) is 10.8 Å². The number of anilines is 1. The number of aryl methyl sites for hydroxylation is 1. The van der Waals surface area contributed by atoms with Crippen LogP contribution >= 0.6 is 0 Å². The second-order valence-corrected chi connectivity index (χ2v) is 5.76. The normalized spacial score (nSPS) is 10.4. The van der Waals surface area contributed by atoms with Gasteiger partial charge in [0.2, 0.25) is 5.69 Å². The summed E-state index contributed by atoms with van der Waals surface area (Å²) in [6.07, 6.45) is 1.36. The van der Waals surface area contributed by atoms with Gasteiger partial charge in [0.1, 0.15) is 0 Å². The number of benzene rings is 2. The van der Waals surface area contributed by atoms with Crippen molar-refractivity contribution in [2.24, 2.45) is 0 Å². The molecule has 0 atom stereocenters. The van der Waals surface area contributed by atoms with Gasteiger partial charge in [-0.2, -0.15) is 0 Å². The molecule has 1 heterocycles. The van der Waals surface area contributed by atoms with Gasteiger partial charge in [-0.1, -0.05) is 53.2 Å². The lowest BCUT2D eigenvalue weighted by molar-refractivity contribution is -0.757. The predicted octanol–water partition coefficient (Wildman–Crippen LogP) is -0.436. The van der Waals surface area contributed by atoms with Crippen molar-refractivity contribution >= 4 is 22.6 Å². The van der Waals surface area contributed by atoms with Crippen LogP contribution in [0.1, 0.15) is 24.1 Å². The Morgan fingerprint density at radius 2 is 1.68 bits per heavy atom. The van der Waals surface area contributed by atoms with Gasteiger partial charge in [-0.25, -0.2) is 0 Å². The van der Waals surface area contributed by atoms with Gasteiger partial charge in [0.25, 0.3) is 0 Å². The lowest BCUT2D eigenvalue weighted by atomic mass is 10.0. The average molecular weight is 402 g/mol. The molecule has 0 aliphatic carbocycles. The number of aromatic nitrogens is 2. The number of carbonyl (C=O) groups is 1. The zero-order valence-electron chi connectivity index (χ0n) is 13.7. The first kappa shape index (κ1) is 18.9. The topological polar surface area (TPSA) is 80.1 Å². The molecule has 0 aliphatic rings. The van der Waals surface area contributed by atoms with E-state index >= 15 is 0 Å². The fourth-order valence-electron chi connectivity index (χ4n) is 2.88. The molecule has 3 N–H and O–H groups in total. The lowest BCUT2D eigenvalue weighted by Gasteiger charge is -2.08. The maximum absolute atomic E-state index is 10.8. The van der Waals surface area contributed by atoms with Gasteiger partial charge in [-0.3, -0.25) is 4.79 Å². The predicted molar refractivity (Wildman–Crippen MR) is 92.5 cm³/mol. The second-order valence-electron chi connectivity index (χ2n) is 5.76. The molecule has 2 aromatic carbocycles. The van der Waals surface area contributed by atoms with Gasteiger partial charge in [0.05, 0.1) is 18.2 Å². The van der Waals surface area contributed by atoms with Gasteiger partial charge >= 0.3 is 5.97 Å². The molecule has 5 nitrogen and oxygen atoms in total. The van der Waals surface area contributed by atoms with E-state index in [1.165, 1.54) is 5.56 Å². The van der Waals surface area contributed by atoms with Crippen LogP contribution in [-0.4, -0.2) is 16.2 Å². The molecule has 0 saturated heterocycles. The molecule has 3 rings (SSSR count). The summed E-state index contributed by atoms with van der Waals surface area (Å²) in [5, 5.41) is 15.4. The number of nitrogens with two attached hydrogens (primary N) is 1. The summed E-state index contributed by atoms with van der Waals surface area (Å²) in [5.41, 5.74) is 8.34. The zero-order valence-corrected chi connectivity index (χ0v) is 15.3. The van der Waals surface area contributed by atoms with Crippen molar-refractivity contribution in [3.05, 3.63) is 65.9 Å². The van der Waals surface area contributed by atoms with Gasteiger partial charge < -0.3 is 27.8 Å². The number of nitrogen functional groups attached to an aromatic ring is 1. The molecule has 0 radical (unpaired) electrons. The van der Waals surface area contributed by atoms with E-state index in [0.717, 1.165) is 22.9 Å². The Hall–Kier alpha value is -2.47. The molecule has 25 heavy (non-hydrogen) atoms. The molecular formula is C19H20BrN3O2. The van der Waals surface area contributed by atoms with Crippen LogP contribution in [0.3, 0.4) is 0 Å². The smallest absolute Gasteiger partial charge is 0.303 e. The van der Waals surface area contributed by atoms with E-state index in [2.05, 4.69) is 17.2 Å². The number of halogens is 1. The monoisotopic (exact) mass is 401 g/mol. The first-order chi connectivity index (χ1) is 11.6. The maximum Gasteiger partial charge on any atom is 0.303 e. The van der Waals surface area contributed by atoms with Crippen molar-refractivity contribution in [3.63, 3.8) is 0 Å². The number of hydrogen-bond donors (Lipinski definition) is 2. The summed E-state index contributed by atoms with van der Waals surface area (Å²) in [7, 11) is 0. The zero-order chi connectivity index (χ0) is 16.9. The summed E-state index contributed by atoms with van der Waals surface area (Å²) in [5.74, 6) is -0.327. The molecule has 3 aromatic rings. The number of aliphatic carboxylic acids is 1. The Morgan fingerprint density at radius 1 is 1.04 bits per heavy atom. The Balaban J connectivity index is 0.00000225. The molecule has 0 bridgehead atoms. The van der Waals surface area contributed by atoms with E-state index < -0.39 is 5.97 Å². The quantitative estimate of drug-likeness (QED) is 0.549. The van der Waals surface area contributed by atoms with Crippen LogP contribution in [0.2, 0.25) is 0 Å². The third-order valence-corrected chi connectivity index (χ3v) is 4.03. The van der Waals surface area contributed by atoms with Crippen LogP contribution in [-0.2, 0) is 17.8 Å². The standard InChI is InChI=1S/C19H19N3O2.BrH/c20-19-16-10-5-4-9-15(16)17(13-14-7-2-1-3-8-14)22(21-19)12-6-11-18(23)24;/h1-5,7-10H,6,11-13H2,(H2-,20,21,23,24);1H. The first-order valence-electron chi connectivity index (χ1n) is 7.98. The molecule has 0 saturated carbocycles. The van der Waals surface area contributed by atoms with Crippen molar-refractivity contribution in [1.29, 1.82) is 0 Å². The van der Waals surface area contributed by atoms with Crippen LogP contribution in [0.4, 0.5) is 5.82 Å². The van der Waals surface area contributed by atoms with Gasteiger partial charge in [0.15, 0.2) is 12.4 Å². The van der Waals surface area contributed by atoms with E-state index in [4.69, 9.17) is 10.8 Å². The van der Waals surface area contributed by atoms with Crippen LogP contribution < -0.4 is 27.4 Å². The fraction of sp³-hybridized carbons (Fsp3) is 0.211. The molecular weight excluding hydrogens is 382 g/mol. The van der Waals surface area contributed by atoms with E-state index in [1.54, 1.807) is 0 Å². The lowest BCUT2D eigenvalue weighted by Crippen LogP contribution is -3.00. The average Bonchev–Trinajstić information content (AvgIpc) is 2.59. The second kappa shape index (κ2) is 8.58. The third kappa shape index (κ3) is 4.54. The highest BCUT2D eigenvalue weighted by Crippen LogP contribution is 2.22. The van der Waals surface area contributed by atoms with Crippen molar-refractivity contribution in [3.8, 4) is 0 Å². The summed E-state index contributed by atoms with van der Waals surface area (Å²) in [6.45, 7) is 0.531. The molecule has 0 unspecified atom stereocenters. The van der Waals surface area contributed by atoms with E-state index in [-0.39, 0.29) is 23.4 Å². The molecule has 0 spiro atoms. The highest BCUT2D eigenvalue weighted by molar-refractivity contribution is 5.91. The highest BCUT2D eigenvalue weighted by atomic mass is 79.9. The van der Waals surface area contributed by atoms with Crippen LogP contribution in [0, 0.1) is 0 Å². The Bertz CT molecular complexity index is 869. The Labute approximate surface area is 156 Å². The molecule has 1 aromatic heterocycles.